The molecule has 162 valence electrons. The van der Waals surface area contributed by atoms with Crippen LogP contribution in [0.4, 0.5) is 5.82 Å². The average Bonchev–Trinajstić information content (AvgIpc) is 3.29. The quantitative estimate of drug-likeness (QED) is 0.635. The van der Waals surface area contributed by atoms with Gasteiger partial charge in [-0.05, 0) is 52.2 Å². The van der Waals surface area contributed by atoms with Gasteiger partial charge in [-0.3, -0.25) is 9.59 Å². The van der Waals surface area contributed by atoms with Gasteiger partial charge < -0.3 is 15.1 Å². The van der Waals surface area contributed by atoms with Gasteiger partial charge in [0, 0.05) is 31.0 Å². The number of fused-ring (bicyclic) bond motifs is 1. The number of benzene rings is 1. The number of anilines is 1. The van der Waals surface area contributed by atoms with Crippen molar-refractivity contribution in [2.75, 3.05) is 39.0 Å². The molecule has 3 aromatic rings. The van der Waals surface area contributed by atoms with Crippen LogP contribution in [-0.2, 0) is 9.59 Å². The standard InChI is InChI=1S/C23H28N6O2/c1-16-13-21(29(26-16)20-10-9-17-7-4-5-8-19(17)24-20)25-23(31)18-14-22(30)28(15-18)12-6-11-27(2)3/h4-5,7-10,13,18H,6,11-12,14-15H2,1-3H3,(H,25,31). The number of hydrogen-bond acceptors (Lipinski definition) is 5. The van der Waals surface area contributed by atoms with E-state index in [1.807, 2.05) is 63.5 Å². The summed E-state index contributed by atoms with van der Waals surface area (Å²) in [5, 5.41) is 8.52. The lowest BCUT2D eigenvalue weighted by Crippen LogP contribution is -2.30. The molecule has 1 saturated heterocycles. The molecule has 2 amide bonds. The summed E-state index contributed by atoms with van der Waals surface area (Å²) in [7, 11) is 4.02. The van der Waals surface area contributed by atoms with Crippen molar-refractivity contribution in [3.05, 3.63) is 48.2 Å². The van der Waals surface area contributed by atoms with Gasteiger partial charge in [-0.15, -0.1) is 0 Å². The predicted octanol–water partition coefficient (Wildman–Crippen LogP) is 2.47. The van der Waals surface area contributed by atoms with E-state index in [9.17, 15) is 9.59 Å². The first-order valence-corrected chi connectivity index (χ1v) is 10.6. The van der Waals surface area contributed by atoms with Crippen molar-refractivity contribution in [3.8, 4) is 5.82 Å². The van der Waals surface area contributed by atoms with Crippen molar-refractivity contribution in [1.82, 2.24) is 24.6 Å². The van der Waals surface area contributed by atoms with Gasteiger partial charge in [0.2, 0.25) is 11.8 Å². The molecule has 1 aromatic carbocycles. The van der Waals surface area contributed by atoms with Crippen LogP contribution in [0.2, 0.25) is 0 Å². The normalized spacial score (nSPS) is 16.5. The predicted molar refractivity (Wildman–Crippen MR) is 120 cm³/mol. The van der Waals surface area contributed by atoms with Crippen molar-refractivity contribution >= 4 is 28.5 Å². The number of rotatable bonds is 7. The van der Waals surface area contributed by atoms with E-state index in [2.05, 4.69) is 20.3 Å². The van der Waals surface area contributed by atoms with Crippen LogP contribution < -0.4 is 5.32 Å². The van der Waals surface area contributed by atoms with E-state index in [0.29, 0.717) is 24.7 Å². The highest BCUT2D eigenvalue weighted by atomic mass is 16.2. The topological polar surface area (TPSA) is 83.4 Å². The number of carbonyl (C=O) groups excluding carboxylic acids is 2. The van der Waals surface area contributed by atoms with E-state index in [-0.39, 0.29) is 24.2 Å². The third-order valence-corrected chi connectivity index (χ3v) is 5.50. The van der Waals surface area contributed by atoms with E-state index >= 15 is 0 Å². The minimum Gasteiger partial charge on any atom is -0.342 e. The maximum absolute atomic E-state index is 12.9. The first kappa shape index (κ1) is 21.0. The van der Waals surface area contributed by atoms with Gasteiger partial charge >= 0.3 is 0 Å². The summed E-state index contributed by atoms with van der Waals surface area (Å²) in [6.45, 7) is 3.93. The van der Waals surface area contributed by atoms with Gasteiger partial charge in [-0.2, -0.15) is 9.78 Å². The first-order chi connectivity index (χ1) is 14.9. The van der Waals surface area contributed by atoms with Crippen LogP contribution in [0, 0.1) is 12.8 Å². The number of aromatic nitrogens is 3. The van der Waals surface area contributed by atoms with Gasteiger partial charge in [-0.1, -0.05) is 18.2 Å². The van der Waals surface area contributed by atoms with Crippen LogP contribution >= 0.6 is 0 Å². The Bertz CT molecular complexity index is 1110. The fourth-order valence-electron chi connectivity index (χ4n) is 3.91. The second-order valence-electron chi connectivity index (χ2n) is 8.33. The van der Waals surface area contributed by atoms with E-state index < -0.39 is 0 Å². The fraction of sp³-hybridized carbons (Fsp3) is 0.391. The maximum atomic E-state index is 12.9. The summed E-state index contributed by atoms with van der Waals surface area (Å²) < 4.78 is 1.64. The zero-order chi connectivity index (χ0) is 22.0. The van der Waals surface area contributed by atoms with Gasteiger partial charge in [0.15, 0.2) is 5.82 Å². The van der Waals surface area contributed by atoms with Crippen LogP contribution in [0.15, 0.2) is 42.5 Å². The molecule has 8 nitrogen and oxygen atoms in total. The first-order valence-electron chi connectivity index (χ1n) is 10.6. The molecule has 1 fully saturated rings. The number of aryl methyl sites for hydroxylation is 1. The molecule has 0 saturated carbocycles. The summed E-state index contributed by atoms with van der Waals surface area (Å²) in [6, 6.07) is 13.6. The Balaban J connectivity index is 1.47. The Hall–Kier alpha value is -3.26. The van der Waals surface area contributed by atoms with Crippen molar-refractivity contribution in [3.63, 3.8) is 0 Å². The highest BCUT2D eigenvalue weighted by Crippen LogP contribution is 2.23. The monoisotopic (exact) mass is 420 g/mol. The van der Waals surface area contributed by atoms with Crippen LogP contribution in [0.25, 0.3) is 16.7 Å². The summed E-state index contributed by atoms with van der Waals surface area (Å²) in [6.07, 6.45) is 1.14. The fourth-order valence-corrected chi connectivity index (χ4v) is 3.91. The van der Waals surface area contributed by atoms with Gasteiger partial charge in [0.25, 0.3) is 0 Å². The Morgan fingerprint density at radius 3 is 2.84 bits per heavy atom. The van der Waals surface area contributed by atoms with E-state index in [1.165, 1.54) is 0 Å². The molecule has 1 atom stereocenters. The Kier molecular flexibility index (Phi) is 5.99. The van der Waals surface area contributed by atoms with Crippen LogP contribution in [0.5, 0.6) is 0 Å². The van der Waals surface area contributed by atoms with Crippen LogP contribution in [-0.4, -0.2) is 70.1 Å². The minimum atomic E-state index is -0.361. The Morgan fingerprint density at radius 1 is 1.23 bits per heavy atom. The number of carbonyl (C=O) groups is 2. The van der Waals surface area contributed by atoms with E-state index in [0.717, 1.165) is 29.6 Å². The molecule has 4 rings (SSSR count). The number of hydrogen-bond donors (Lipinski definition) is 1. The second kappa shape index (κ2) is 8.85. The molecule has 2 aromatic heterocycles. The second-order valence-corrected chi connectivity index (χ2v) is 8.33. The molecule has 1 unspecified atom stereocenters. The molecule has 0 spiro atoms. The molecule has 8 heteroatoms. The Labute approximate surface area is 181 Å². The van der Waals surface area contributed by atoms with Gasteiger partial charge in [-0.25, -0.2) is 4.98 Å². The molecular weight excluding hydrogens is 392 g/mol. The summed E-state index contributed by atoms with van der Waals surface area (Å²) in [4.78, 5) is 33.8. The zero-order valence-corrected chi connectivity index (χ0v) is 18.2. The molecule has 0 radical (unpaired) electrons. The minimum absolute atomic E-state index is 0.0415. The molecule has 3 heterocycles. The van der Waals surface area contributed by atoms with E-state index in [1.54, 1.807) is 9.58 Å². The molecular formula is C23H28N6O2. The number of pyridine rings is 1. The summed E-state index contributed by atoms with van der Waals surface area (Å²) in [5.74, 6) is 0.712. The number of amides is 2. The molecule has 1 aliphatic rings. The molecule has 1 N–H and O–H groups in total. The average molecular weight is 421 g/mol. The lowest BCUT2D eigenvalue weighted by molar-refractivity contribution is -0.128. The lowest BCUT2D eigenvalue weighted by Gasteiger charge is -2.18. The third-order valence-electron chi connectivity index (χ3n) is 5.50. The number of likely N-dealkylation sites (tertiary alicyclic amines) is 1. The van der Waals surface area contributed by atoms with Crippen LogP contribution in [0.1, 0.15) is 18.5 Å². The highest BCUT2D eigenvalue weighted by Gasteiger charge is 2.34. The van der Waals surface area contributed by atoms with E-state index in [4.69, 9.17) is 0 Å². The van der Waals surface area contributed by atoms with Gasteiger partial charge in [0.1, 0.15) is 5.82 Å². The smallest absolute Gasteiger partial charge is 0.230 e. The third kappa shape index (κ3) is 4.74. The summed E-state index contributed by atoms with van der Waals surface area (Å²) >= 11 is 0. The molecule has 0 aliphatic carbocycles. The van der Waals surface area contributed by atoms with Gasteiger partial charge in [0.05, 0.1) is 17.1 Å². The van der Waals surface area contributed by atoms with Crippen LogP contribution in [0.3, 0.4) is 0 Å². The Morgan fingerprint density at radius 2 is 2.03 bits per heavy atom. The summed E-state index contributed by atoms with van der Waals surface area (Å²) in [5.41, 5.74) is 1.64. The SMILES string of the molecule is Cc1cc(NC(=O)C2CC(=O)N(CCCN(C)C)C2)n(-c2ccc3ccccc3n2)n1. The van der Waals surface area contributed by atoms with Crippen molar-refractivity contribution < 1.29 is 9.59 Å². The van der Waals surface area contributed by atoms with Crippen molar-refractivity contribution in [2.45, 2.75) is 19.8 Å². The number of nitrogens with zero attached hydrogens (tertiary/aromatic N) is 5. The highest BCUT2D eigenvalue weighted by molar-refractivity contribution is 5.97. The molecule has 0 bridgehead atoms. The molecule has 31 heavy (non-hydrogen) atoms. The zero-order valence-electron chi connectivity index (χ0n) is 18.2. The van der Waals surface area contributed by atoms with Crippen molar-refractivity contribution in [2.24, 2.45) is 5.92 Å². The van der Waals surface area contributed by atoms with Crippen molar-refractivity contribution in [1.29, 1.82) is 0 Å². The number of para-hydroxylation sites is 1. The maximum Gasteiger partial charge on any atom is 0.230 e. The number of nitrogens with one attached hydrogen (secondary N) is 1. The molecule has 1 aliphatic heterocycles. The lowest BCUT2D eigenvalue weighted by atomic mass is 10.1. The largest absolute Gasteiger partial charge is 0.342 e.